The van der Waals surface area contributed by atoms with Gasteiger partial charge in [0.15, 0.2) is 0 Å². The molecule has 2 aliphatic heterocycles. The normalized spacial score (nSPS) is 27.8. The highest BCUT2D eigenvalue weighted by atomic mass is 16.5. The van der Waals surface area contributed by atoms with E-state index in [9.17, 15) is 4.79 Å². The minimum absolute atomic E-state index is 0.217. The molecule has 2 aliphatic rings. The number of quaternary nitrogens is 1. The molecule has 1 unspecified atom stereocenters. The summed E-state index contributed by atoms with van der Waals surface area (Å²) in [6, 6.07) is 7.82. The quantitative estimate of drug-likeness (QED) is 0.861. The van der Waals surface area contributed by atoms with Crippen LogP contribution in [0.4, 0.5) is 0 Å². The van der Waals surface area contributed by atoms with Crippen LogP contribution < -0.4 is 9.64 Å². The Labute approximate surface area is 132 Å². The van der Waals surface area contributed by atoms with Gasteiger partial charge < -0.3 is 14.4 Å². The van der Waals surface area contributed by atoms with Gasteiger partial charge in [0.05, 0.1) is 31.8 Å². The largest absolute Gasteiger partial charge is 0.497 e. The Kier molecular flexibility index (Phi) is 4.98. The Morgan fingerprint density at radius 1 is 1.14 bits per heavy atom. The van der Waals surface area contributed by atoms with Crippen molar-refractivity contribution in [3.05, 3.63) is 29.8 Å². The summed E-state index contributed by atoms with van der Waals surface area (Å²) >= 11 is 0. The predicted molar refractivity (Wildman–Crippen MR) is 84.3 cm³/mol. The van der Waals surface area contributed by atoms with Gasteiger partial charge in [-0.1, -0.05) is 0 Å². The van der Waals surface area contributed by atoms with E-state index in [2.05, 4.69) is 0 Å². The number of hydrogen-bond donors (Lipinski definition) is 1. The summed E-state index contributed by atoms with van der Waals surface area (Å²) in [4.78, 5) is 13.9. The number of piperidine rings is 2. The van der Waals surface area contributed by atoms with Crippen LogP contribution in [-0.2, 0) is 4.74 Å². The number of rotatable bonds is 4. The lowest BCUT2D eigenvalue weighted by Crippen LogP contribution is -3.18. The van der Waals surface area contributed by atoms with Gasteiger partial charge in [-0.25, -0.2) is 4.79 Å². The maximum absolute atomic E-state index is 12.2. The molecule has 0 spiro atoms. The standard InChI is InChI=1S/C18H25NO3/c1-21-16-9-7-14(8-10-16)18(20)22-13-15-5-4-12-19-11-3-2-6-17(15)19/h7-10,15,17H,2-6,11-13H2,1H3/p+1/t15-,17-/m1/s1. The first kappa shape index (κ1) is 15.3. The number of nitrogens with one attached hydrogen (secondary N) is 1. The Bertz CT molecular complexity index is 498. The van der Waals surface area contributed by atoms with Crippen molar-refractivity contribution in [1.29, 1.82) is 0 Å². The van der Waals surface area contributed by atoms with Crippen molar-refractivity contribution < 1.29 is 19.2 Å². The van der Waals surface area contributed by atoms with Crippen LogP contribution in [0, 0.1) is 5.92 Å². The van der Waals surface area contributed by atoms with E-state index < -0.39 is 0 Å². The molecule has 0 bridgehead atoms. The molecule has 0 radical (unpaired) electrons. The van der Waals surface area contributed by atoms with Gasteiger partial charge in [-0.05, 0) is 56.4 Å². The van der Waals surface area contributed by atoms with Gasteiger partial charge in [0.2, 0.25) is 0 Å². The fraction of sp³-hybridized carbons (Fsp3) is 0.611. The molecule has 4 heteroatoms. The van der Waals surface area contributed by atoms with Crippen molar-refractivity contribution in [2.75, 3.05) is 26.8 Å². The van der Waals surface area contributed by atoms with Gasteiger partial charge in [0.1, 0.15) is 12.4 Å². The van der Waals surface area contributed by atoms with E-state index in [-0.39, 0.29) is 5.97 Å². The highest BCUT2D eigenvalue weighted by Gasteiger charge is 2.37. The van der Waals surface area contributed by atoms with Gasteiger partial charge in [-0.3, -0.25) is 0 Å². The molecule has 0 aliphatic carbocycles. The van der Waals surface area contributed by atoms with Crippen molar-refractivity contribution in [3.8, 4) is 5.75 Å². The summed E-state index contributed by atoms with van der Waals surface area (Å²) in [5, 5.41) is 0. The summed E-state index contributed by atoms with van der Waals surface area (Å²) in [6.07, 6.45) is 6.43. The number of hydrogen-bond acceptors (Lipinski definition) is 3. The number of methoxy groups -OCH3 is 1. The minimum atomic E-state index is -0.217. The first-order chi connectivity index (χ1) is 10.8. The van der Waals surface area contributed by atoms with Crippen LogP contribution in [0.5, 0.6) is 5.75 Å². The van der Waals surface area contributed by atoms with E-state index in [1.807, 2.05) is 0 Å². The van der Waals surface area contributed by atoms with Crippen LogP contribution in [0.3, 0.4) is 0 Å². The topological polar surface area (TPSA) is 40.0 Å². The molecule has 2 fully saturated rings. The van der Waals surface area contributed by atoms with Crippen LogP contribution in [-0.4, -0.2) is 38.8 Å². The van der Waals surface area contributed by atoms with Crippen LogP contribution >= 0.6 is 0 Å². The lowest BCUT2D eigenvalue weighted by Gasteiger charge is -2.40. The number of benzene rings is 1. The van der Waals surface area contributed by atoms with Crippen LogP contribution in [0.15, 0.2) is 24.3 Å². The molecule has 3 rings (SSSR count). The van der Waals surface area contributed by atoms with Gasteiger partial charge in [0.25, 0.3) is 0 Å². The lowest BCUT2D eigenvalue weighted by molar-refractivity contribution is -0.940. The van der Waals surface area contributed by atoms with Gasteiger partial charge in [0, 0.05) is 5.92 Å². The Morgan fingerprint density at radius 2 is 1.91 bits per heavy atom. The van der Waals surface area contributed by atoms with E-state index in [0.717, 1.165) is 5.75 Å². The maximum Gasteiger partial charge on any atom is 0.338 e. The molecule has 0 aromatic heterocycles. The number of carbonyl (C=O) groups is 1. The summed E-state index contributed by atoms with van der Waals surface area (Å²) in [5.41, 5.74) is 0.601. The smallest absolute Gasteiger partial charge is 0.338 e. The molecule has 3 atom stereocenters. The van der Waals surface area contributed by atoms with Crippen molar-refractivity contribution >= 4 is 5.97 Å². The van der Waals surface area contributed by atoms with Gasteiger partial charge in [-0.2, -0.15) is 0 Å². The number of esters is 1. The highest BCUT2D eigenvalue weighted by Crippen LogP contribution is 2.21. The molecule has 1 aromatic rings. The number of ether oxygens (including phenoxy) is 2. The fourth-order valence-corrected chi connectivity index (χ4v) is 3.97. The zero-order chi connectivity index (χ0) is 15.4. The molecule has 22 heavy (non-hydrogen) atoms. The fourth-order valence-electron chi connectivity index (χ4n) is 3.97. The van der Waals surface area contributed by atoms with Crippen LogP contribution in [0.2, 0.25) is 0 Å². The van der Waals surface area contributed by atoms with Gasteiger partial charge in [-0.15, -0.1) is 0 Å². The van der Waals surface area contributed by atoms with E-state index >= 15 is 0 Å². The van der Waals surface area contributed by atoms with E-state index in [0.29, 0.717) is 24.1 Å². The monoisotopic (exact) mass is 304 g/mol. The summed E-state index contributed by atoms with van der Waals surface area (Å²) in [7, 11) is 1.62. The summed E-state index contributed by atoms with van der Waals surface area (Å²) < 4.78 is 10.7. The van der Waals surface area contributed by atoms with Crippen LogP contribution in [0.1, 0.15) is 42.5 Å². The molecule has 1 aromatic carbocycles. The SMILES string of the molecule is COc1ccc(C(=O)OC[C@H]2CCC[NH+]3CCCC[C@H]23)cc1. The molecule has 0 amide bonds. The number of fused-ring (bicyclic) bond motifs is 1. The zero-order valence-corrected chi connectivity index (χ0v) is 13.3. The molecule has 120 valence electrons. The predicted octanol–water partition coefficient (Wildman–Crippen LogP) is 1.70. The third kappa shape index (κ3) is 3.43. The third-order valence-electron chi connectivity index (χ3n) is 5.18. The molecule has 2 saturated heterocycles. The van der Waals surface area contributed by atoms with E-state index in [1.165, 1.54) is 45.2 Å². The first-order valence-corrected chi connectivity index (χ1v) is 8.43. The van der Waals surface area contributed by atoms with Crippen molar-refractivity contribution in [2.24, 2.45) is 5.92 Å². The summed E-state index contributed by atoms with van der Waals surface area (Å²) in [5.74, 6) is 1.07. The Morgan fingerprint density at radius 3 is 2.68 bits per heavy atom. The molecular weight excluding hydrogens is 278 g/mol. The second-order valence-electron chi connectivity index (χ2n) is 6.49. The first-order valence-electron chi connectivity index (χ1n) is 8.43. The molecule has 0 saturated carbocycles. The Hall–Kier alpha value is -1.55. The van der Waals surface area contributed by atoms with E-state index in [4.69, 9.17) is 9.47 Å². The Balaban J connectivity index is 1.55. The summed E-state index contributed by atoms with van der Waals surface area (Å²) in [6.45, 7) is 3.17. The van der Waals surface area contributed by atoms with Crippen molar-refractivity contribution in [2.45, 2.75) is 38.1 Å². The second-order valence-corrected chi connectivity index (χ2v) is 6.49. The molecule has 2 heterocycles. The van der Waals surface area contributed by atoms with Crippen LogP contribution in [0.25, 0.3) is 0 Å². The van der Waals surface area contributed by atoms with E-state index in [1.54, 1.807) is 36.3 Å². The third-order valence-corrected chi connectivity index (χ3v) is 5.18. The van der Waals surface area contributed by atoms with Gasteiger partial charge >= 0.3 is 5.97 Å². The second kappa shape index (κ2) is 7.14. The lowest BCUT2D eigenvalue weighted by atomic mass is 9.84. The average Bonchev–Trinajstić information content (AvgIpc) is 2.59. The zero-order valence-electron chi connectivity index (χ0n) is 13.3. The average molecular weight is 304 g/mol. The molecule has 4 nitrogen and oxygen atoms in total. The molecular formula is C18H26NO3+. The highest BCUT2D eigenvalue weighted by molar-refractivity contribution is 5.89. The minimum Gasteiger partial charge on any atom is -0.497 e. The van der Waals surface area contributed by atoms with Crippen molar-refractivity contribution in [1.82, 2.24) is 0 Å². The number of carbonyl (C=O) groups excluding carboxylic acids is 1. The molecule has 1 N–H and O–H groups in total. The maximum atomic E-state index is 12.2. The van der Waals surface area contributed by atoms with Crippen molar-refractivity contribution in [3.63, 3.8) is 0 Å².